The predicted molar refractivity (Wildman–Crippen MR) is 50.9 cm³/mol. The summed E-state index contributed by atoms with van der Waals surface area (Å²) in [7, 11) is 0. The van der Waals surface area contributed by atoms with Crippen molar-refractivity contribution in [1.29, 1.82) is 0 Å². The topological polar surface area (TPSA) is 29.1 Å². The first-order valence-corrected chi connectivity index (χ1v) is 5.05. The molecule has 0 spiro atoms. The van der Waals surface area contributed by atoms with Gasteiger partial charge in [0.25, 0.3) is 0 Å². The van der Waals surface area contributed by atoms with Gasteiger partial charge in [-0.15, -0.1) is 0 Å². The molecule has 0 aromatic carbocycles. The van der Waals surface area contributed by atoms with Gasteiger partial charge in [-0.3, -0.25) is 4.79 Å². The van der Waals surface area contributed by atoms with Crippen LogP contribution in [0.2, 0.25) is 0 Å². The number of amides is 1. The molecule has 11 heavy (non-hydrogen) atoms. The third-order valence-corrected chi connectivity index (χ3v) is 2.54. The first-order valence-electron chi connectivity index (χ1n) is 4.14. The maximum atomic E-state index is 11.1. The molecule has 0 aliphatic rings. The molecular weight excluding hydrogens is 206 g/mol. The van der Waals surface area contributed by atoms with E-state index < -0.39 is 0 Å². The van der Waals surface area contributed by atoms with Crippen molar-refractivity contribution in [1.82, 2.24) is 5.32 Å². The minimum atomic E-state index is -0.0145. The highest BCUT2D eigenvalue weighted by molar-refractivity contribution is 9.10. The molecule has 0 heterocycles. The van der Waals surface area contributed by atoms with Crippen molar-refractivity contribution >= 4 is 21.8 Å². The van der Waals surface area contributed by atoms with Crippen LogP contribution in [-0.4, -0.2) is 17.3 Å². The first kappa shape index (κ1) is 11.0. The molecule has 0 aromatic rings. The second kappa shape index (κ2) is 6.65. The van der Waals surface area contributed by atoms with Gasteiger partial charge in [-0.05, 0) is 12.8 Å². The molecule has 1 atom stereocenters. The third kappa shape index (κ3) is 5.24. The summed E-state index contributed by atoms with van der Waals surface area (Å²) in [4.78, 5) is 11.1. The van der Waals surface area contributed by atoms with Crippen LogP contribution < -0.4 is 5.32 Å². The summed E-state index contributed by atoms with van der Waals surface area (Å²) in [6.07, 6.45) is 3.03. The van der Waals surface area contributed by atoms with E-state index in [0.717, 1.165) is 25.8 Å². The van der Waals surface area contributed by atoms with E-state index in [0.29, 0.717) is 0 Å². The molecule has 0 saturated heterocycles. The number of carbonyl (C=O) groups excluding carboxylic acids is 1. The molecule has 0 aliphatic heterocycles. The van der Waals surface area contributed by atoms with Gasteiger partial charge in [-0.2, -0.15) is 0 Å². The summed E-state index contributed by atoms with van der Waals surface area (Å²) in [5.41, 5.74) is 0. The highest BCUT2D eigenvalue weighted by Gasteiger charge is 2.09. The van der Waals surface area contributed by atoms with Crippen molar-refractivity contribution in [2.45, 2.75) is 37.9 Å². The number of unbranched alkanes of at least 4 members (excludes halogenated alkanes) is 1. The van der Waals surface area contributed by atoms with Crippen LogP contribution in [0.25, 0.3) is 0 Å². The lowest BCUT2D eigenvalue weighted by molar-refractivity contribution is -0.120. The quantitative estimate of drug-likeness (QED) is 0.560. The Kier molecular flexibility index (Phi) is 6.62. The number of hydrogen-bond donors (Lipinski definition) is 1. The lowest BCUT2D eigenvalue weighted by Gasteiger charge is -2.07. The van der Waals surface area contributed by atoms with Gasteiger partial charge in [0, 0.05) is 6.54 Å². The van der Waals surface area contributed by atoms with Gasteiger partial charge in [0.05, 0.1) is 4.83 Å². The highest BCUT2D eigenvalue weighted by Crippen LogP contribution is 2.03. The van der Waals surface area contributed by atoms with Crippen LogP contribution in [0.5, 0.6) is 0 Å². The maximum absolute atomic E-state index is 11.1. The fraction of sp³-hybridized carbons (Fsp3) is 0.875. The van der Waals surface area contributed by atoms with Crippen molar-refractivity contribution in [3.05, 3.63) is 0 Å². The van der Waals surface area contributed by atoms with Crippen LogP contribution in [0.1, 0.15) is 33.1 Å². The number of halogens is 1. The Morgan fingerprint density at radius 2 is 2.18 bits per heavy atom. The fourth-order valence-electron chi connectivity index (χ4n) is 0.685. The molecule has 66 valence electrons. The Morgan fingerprint density at radius 3 is 2.64 bits per heavy atom. The molecular formula is C8H16BrNO. The van der Waals surface area contributed by atoms with Crippen molar-refractivity contribution in [2.75, 3.05) is 6.54 Å². The number of nitrogens with one attached hydrogen (secondary N) is 1. The summed E-state index contributed by atoms with van der Waals surface area (Å²) in [6.45, 7) is 4.90. The van der Waals surface area contributed by atoms with Crippen LogP contribution in [0.3, 0.4) is 0 Å². The maximum Gasteiger partial charge on any atom is 0.233 e. The van der Waals surface area contributed by atoms with Gasteiger partial charge in [0.2, 0.25) is 5.91 Å². The van der Waals surface area contributed by atoms with Gasteiger partial charge in [0.1, 0.15) is 0 Å². The first-order chi connectivity index (χ1) is 5.22. The molecule has 3 heteroatoms. The summed E-state index contributed by atoms with van der Waals surface area (Å²) >= 11 is 3.28. The van der Waals surface area contributed by atoms with Gasteiger partial charge in [-0.25, -0.2) is 0 Å². The number of rotatable bonds is 5. The average Bonchev–Trinajstić information content (AvgIpc) is 2.03. The standard InChI is InChI=1S/C8H16BrNO/c1-3-5-6-10-8(11)7(9)4-2/h7H,3-6H2,1-2H3,(H,10,11)/t7-/m0/s1. The summed E-state index contributed by atoms with van der Waals surface area (Å²) in [5, 5.41) is 2.85. The number of hydrogen-bond acceptors (Lipinski definition) is 1. The fourth-order valence-corrected chi connectivity index (χ4v) is 0.846. The SMILES string of the molecule is CCCCNC(=O)[C@@H](Br)CC. The van der Waals surface area contributed by atoms with Crippen molar-refractivity contribution in [3.63, 3.8) is 0 Å². The van der Waals surface area contributed by atoms with E-state index in [2.05, 4.69) is 28.2 Å². The van der Waals surface area contributed by atoms with Crippen LogP contribution in [0.15, 0.2) is 0 Å². The molecule has 0 aromatic heterocycles. The van der Waals surface area contributed by atoms with Crippen molar-refractivity contribution in [2.24, 2.45) is 0 Å². The van der Waals surface area contributed by atoms with Gasteiger partial charge >= 0.3 is 0 Å². The van der Waals surface area contributed by atoms with E-state index in [1.165, 1.54) is 0 Å². The lowest BCUT2D eigenvalue weighted by atomic mass is 10.3. The second-order valence-electron chi connectivity index (χ2n) is 2.52. The third-order valence-electron chi connectivity index (χ3n) is 1.47. The van der Waals surface area contributed by atoms with E-state index in [1.807, 2.05) is 6.92 Å². The molecule has 0 bridgehead atoms. The molecule has 0 fully saturated rings. The van der Waals surface area contributed by atoms with Crippen LogP contribution in [0.4, 0.5) is 0 Å². The van der Waals surface area contributed by atoms with Gasteiger partial charge in [0.15, 0.2) is 0 Å². The van der Waals surface area contributed by atoms with Crippen LogP contribution in [0, 0.1) is 0 Å². The van der Waals surface area contributed by atoms with E-state index in [-0.39, 0.29) is 10.7 Å². The predicted octanol–water partition coefficient (Wildman–Crippen LogP) is 2.08. The summed E-state index contributed by atoms with van der Waals surface area (Å²) in [6, 6.07) is 0. The Bertz CT molecular complexity index is 117. The van der Waals surface area contributed by atoms with E-state index in [4.69, 9.17) is 0 Å². The number of carbonyl (C=O) groups is 1. The normalized spacial score (nSPS) is 12.6. The summed E-state index contributed by atoms with van der Waals surface area (Å²) < 4.78 is 0. The Balaban J connectivity index is 3.36. The molecule has 0 radical (unpaired) electrons. The molecule has 1 amide bonds. The smallest absolute Gasteiger partial charge is 0.233 e. The Labute approximate surface area is 76.9 Å². The minimum absolute atomic E-state index is 0.0145. The highest BCUT2D eigenvalue weighted by atomic mass is 79.9. The van der Waals surface area contributed by atoms with Gasteiger partial charge < -0.3 is 5.32 Å². The lowest BCUT2D eigenvalue weighted by Crippen LogP contribution is -2.31. The molecule has 2 nitrogen and oxygen atoms in total. The zero-order chi connectivity index (χ0) is 8.69. The van der Waals surface area contributed by atoms with Crippen molar-refractivity contribution < 1.29 is 4.79 Å². The monoisotopic (exact) mass is 221 g/mol. The Hall–Kier alpha value is -0.0500. The van der Waals surface area contributed by atoms with Crippen molar-refractivity contribution in [3.8, 4) is 0 Å². The molecule has 0 rings (SSSR count). The molecule has 0 aliphatic carbocycles. The minimum Gasteiger partial charge on any atom is -0.355 e. The average molecular weight is 222 g/mol. The van der Waals surface area contributed by atoms with Crippen LogP contribution >= 0.6 is 15.9 Å². The zero-order valence-corrected chi connectivity index (χ0v) is 8.78. The largest absolute Gasteiger partial charge is 0.355 e. The zero-order valence-electron chi connectivity index (χ0n) is 7.19. The molecule has 1 N–H and O–H groups in total. The molecule has 0 saturated carbocycles. The Morgan fingerprint density at radius 1 is 1.55 bits per heavy atom. The van der Waals surface area contributed by atoms with E-state index in [9.17, 15) is 4.79 Å². The van der Waals surface area contributed by atoms with Crippen LogP contribution in [-0.2, 0) is 4.79 Å². The van der Waals surface area contributed by atoms with E-state index >= 15 is 0 Å². The van der Waals surface area contributed by atoms with E-state index in [1.54, 1.807) is 0 Å². The van der Waals surface area contributed by atoms with Gasteiger partial charge in [-0.1, -0.05) is 36.2 Å². The second-order valence-corrected chi connectivity index (χ2v) is 3.63. The molecule has 0 unspecified atom stereocenters. The summed E-state index contributed by atoms with van der Waals surface area (Å²) in [5.74, 6) is 0.112. The number of alkyl halides is 1.